The van der Waals surface area contributed by atoms with Crippen LogP contribution < -0.4 is 10.2 Å². The largest absolute Gasteiger partial charge is 0.455 e. The van der Waals surface area contributed by atoms with Crippen LogP contribution in [0.3, 0.4) is 0 Å². The van der Waals surface area contributed by atoms with E-state index in [1.54, 1.807) is 34.5 Å². The van der Waals surface area contributed by atoms with Crippen molar-refractivity contribution in [3.8, 4) is 10.6 Å². The Morgan fingerprint density at radius 1 is 1.15 bits per heavy atom. The molecule has 0 unspecified atom stereocenters. The Kier molecular flexibility index (Phi) is 6.10. The first-order valence-electron chi connectivity index (χ1n) is 11.1. The SMILES string of the molecule is O=C(Cc1csc(-c2cccc(Cl)c2)n1)OCC(=O)N1c2ccccc2NC(=O)C12CCCC2. The van der Waals surface area contributed by atoms with Crippen molar-refractivity contribution in [2.24, 2.45) is 0 Å². The lowest BCUT2D eigenvalue weighted by Crippen LogP contribution is -2.61. The van der Waals surface area contributed by atoms with Crippen LogP contribution in [0.25, 0.3) is 10.6 Å². The maximum absolute atomic E-state index is 13.3. The molecule has 2 heterocycles. The molecule has 7 nitrogen and oxygen atoms in total. The molecule has 0 bridgehead atoms. The number of carbonyl (C=O) groups is 3. The molecule has 174 valence electrons. The van der Waals surface area contributed by atoms with Crippen LogP contribution in [0, 0.1) is 0 Å². The molecule has 9 heteroatoms. The molecule has 0 saturated heterocycles. The molecule has 1 fully saturated rings. The van der Waals surface area contributed by atoms with Gasteiger partial charge in [-0.05, 0) is 37.1 Å². The number of nitrogens with zero attached hydrogens (tertiary/aromatic N) is 2. The average molecular weight is 496 g/mol. The van der Waals surface area contributed by atoms with E-state index in [2.05, 4.69) is 10.3 Å². The van der Waals surface area contributed by atoms with Gasteiger partial charge in [0, 0.05) is 16.0 Å². The summed E-state index contributed by atoms with van der Waals surface area (Å²) >= 11 is 7.46. The lowest BCUT2D eigenvalue weighted by atomic mass is 9.90. The second-order valence-electron chi connectivity index (χ2n) is 8.43. The molecule has 3 aromatic rings. The minimum Gasteiger partial charge on any atom is -0.455 e. The Balaban J connectivity index is 1.27. The van der Waals surface area contributed by atoms with Crippen LogP contribution in [0.15, 0.2) is 53.9 Å². The molecule has 2 aliphatic rings. The molecule has 5 rings (SSSR count). The number of rotatable bonds is 5. The van der Waals surface area contributed by atoms with Crippen molar-refractivity contribution in [2.45, 2.75) is 37.6 Å². The monoisotopic (exact) mass is 495 g/mol. The van der Waals surface area contributed by atoms with Crippen LogP contribution in [0.4, 0.5) is 11.4 Å². The highest BCUT2D eigenvalue weighted by Gasteiger charge is 2.52. The van der Waals surface area contributed by atoms with Crippen molar-refractivity contribution in [3.05, 3.63) is 64.6 Å². The number of anilines is 2. The summed E-state index contributed by atoms with van der Waals surface area (Å²) in [6, 6.07) is 14.5. The quantitative estimate of drug-likeness (QED) is 0.511. The van der Waals surface area contributed by atoms with E-state index in [0.29, 0.717) is 34.9 Å². The van der Waals surface area contributed by atoms with Crippen molar-refractivity contribution in [1.29, 1.82) is 0 Å². The van der Waals surface area contributed by atoms with Crippen LogP contribution >= 0.6 is 22.9 Å². The highest BCUT2D eigenvalue weighted by Crippen LogP contribution is 2.45. The maximum Gasteiger partial charge on any atom is 0.312 e. The number of aromatic nitrogens is 1. The van der Waals surface area contributed by atoms with Crippen molar-refractivity contribution in [2.75, 3.05) is 16.8 Å². The highest BCUT2D eigenvalue weighted by atomic mass is 35.5. The molecule has 2 aromatic carbocycles. The number of carbonyl (C=O) groups excluding carboxylic acids is 3. The molecule has 2 amide bonds. The first-order chi connectivity index (χ1) is 16.5. The van der Waals surface area contributed by atoms with Gasteiger partial charge < -0.3 is 10.1 Å². The van der Waals surface area contributed by atoms with Crippen molar-refractivity contribution in [1.82, 2.24) is 4.98 Å². The van der Waals surface area contributed by atoms with Gasteiger partial charge in [0.25, 0.3) is 11.8 Å². The number of ether oxygens (including phenoxy) is 1. The molecule has 0 atom stereocenters. The number of thiazole rings is 1. The number of halogens is 1. The molecular weight excluding hydrogens is 474 g/mol. The lowest BCUT2D eigenvalue weighted by Gasteiger charge is -2.44. The normalized spacial score (nSPS) is 16.3. The fourth-order valence-electron chi connectivity index (χ4n) is 4.68. The summed E-state index contributed by atoms with van der Waals surface area (Å²) in [4.78, 5) is 44.8. The molecular formula is C25H22ClN3O4S. The summed E-state index contributed by atoms with van der Waals surface area (Å²) in [5.41, 5.74) is 1.72. The number of hydrogen-bond donors (Lipinski definition) is 1. The maximum atomic E-state index is 13.3. The van der Waals surface area contributed by atoms with Gasteiger partial charge in [-0.25, -0.2) is 4.98 Å². The molecule has 1 N–H and O–H groups in total. The Morgan fingerprint density at radius 3 is 2.74 bits per heavy atom. The zero-order valence-electron chi connectivity index (χ0n) is 18.3. The van der Waals surface area contributed by atoms with Gasteiger partial charge in [-0.15, -0.1) is 11.3 Å². The Hall–Kier alpha value is -3.23. The summed E-state index contributed by atoms with van der Waals surface area (Å²) in [5, 5.41) is 6.09. The predicted octanol–water partition coefficient (Wildman–Crippen LogP) is 4.85. The lowest BCUT2D eigenvalue weighted by molar-refractivity contribution is -0.147. The van der Waals surface area contributed by atoms with Gasteiger partial charge in [0.05, 0.1) is 23.5 Å². The predicted molar refractivity (Wildman–Crippen MR) is 131 cm³/mol. The van der Waals surface area contributed by atoms with Gasteiger partial charge in [0.2, 0.25) is 0 Å². The van der Waals surface area contributed by atoms with Crippen LogP contribution in [-0.2, 0) is 25.5 Å². The molecule has 1 aliphatic carbocycles. The third-order valence-electron chi connectivity index (χ3n) is 6.23. The molecule has 0 radical (unpaired) electrons. The van der Waals surface area contributed by atoms with Crippen LogP contribution in [0.5, 0.6) is 0 Å². The average Bonchev–Trinajstić information content (AvgIpc) is 3.49. The standard InChI is InChI=1S/C25H22ClN3O4S/c26-17-7-5-6-16(12-17)23-27-18(15-34-23)13-22(31)33-14-21(30)29-20-9-2-1-8-19(20)28-24(32)25(29)10-3-4-11-25/h1-2,5-9,12,15H,3-4,10-11,13-14H2,(H,28,32). The van der Waals surface area contributed by atoms with Crippen molar-refractivity contribution < 1.29 is 19.1 Å². The molecule has 34 heavy (non-hydrogen) atoms. The van der Waals surface area contributed by atoms with E-state index >= 15 is 0 Å². The summed E-state index contributed by atoms with van der Waals surface area (Å²) in [6.45, 7) is -0.437. The van der Waals surface area contributed by atoms with Crippen molar-refractivity contribution >= 4 is 52.1 Å². The van der Waals surface area contributed by atoms with E-state index in [9.17, 15) is 14.4 Å². The van der Waals surface area contributed by atoms with Crippen LogP contribution in [0.2, 0.25) is 5.02 Å². The fraction of sp³-hybridized carbons (Fsp3) is 0.280. The zero-order chi connectivity index (χ0) is 23.7. The Bertz CT molecular complexity index is 1270. The number of hydrogen-bond acceptors (Lipinski definition) is 6. The minimum atomic E-state index is -0.932. The van der Waals surface area contributed by atoms with E-state index in [4.69, 9.17) is 16.3 Å². The number of para-hydroxylation sites is 2. The molecule has 1 spiro atoms. The second-order valence-corrected chi connectivity index (χ2v) is 9.73. The highest BCUT2D eigenvalue weighted by molar-refractivity contribution is 7.13. The van der Waals surface area contributed by atoms with Gasteiger partial charge in [-0.3, -0.25) is 19.3 Å². The fourth-order valence-corrected chi connectivity index (χ4v) is 5.68. The summed E-state index contributed by atoms with van der Waals surface area (Å²) in [7, 11) is 0. The number of nitrogens with one attached hydrogen (secondary N) is 1. The Morgan fingerprint density at radius 2 is 1.94 bits per heavy atom. The van der Waals surface area contributed by atoms with E-state index in [1.165, 1.54) is 11.3 Å². The third-order valence-corrected chi connectivity index (χ3v) is 7.40. The van der Waals surface area contributed by atoms with E-state index in [1.807, 2.05) is 24.3 Å². The van der Waals surface area contributed by atoms with Gasteiger partial charge in [0.1, 0.15) is 10.5 Å². The molecule has 1 aromatic heterocycles. The number of benzene rings is 2. The summed E-state index contributed by atoms with van der Waals surface area (Å²) < 4.78 is 5.33. The number of esters is 1. The van der Waals surface area contributed by atoms with Gasteiger partial charge in [0.15, 0.2) is 6.61 Å². The second kappa shape index (κ2) is 9.19. The minimum absolute atomic E-state index is 0.0490. The van der Waals surface area contributed by atoms with Crippen molar-refractivity contribution in [3.63, 3.8) is 0 Å². The first kappa shape index (κ1) is 22.6. The van der Waals surface area contributed by atoms with E-state index < -0.39 is 24.0 Å². The number of amides is 2. The number of fused-ring (bicyclic) bond motifs is 1. The molecule has 1 aliphatic heterocycles. The van der Waals surface area contributed by atoms with E-state index in [0.717, 1.165) is 23.4 Å². The summed E-state index contributed by atoms with van der Waals surface area (Å²) in [5.74, 6) is -1.14. The molecule has 1 saturated carbocycles. The van der Waals surface area contributed by atoms with Gasteiger partial charge >= 0.3 is 5.97 Å². The van der Waals surface area contributed by atoms with Crippen LogP contribution in [-0.4, -0.2) is 34.9 Å². The smallest absolute Gasteiger partial charge is 0.312 e. The third kappa shape index (κ3) is 4.19. The van der Waals surface area contributed by atoms with Gasteiger partial charge in [-0.1, -0.05) is 48.7 Å². The van der Waals surface area contributed by atoms with Crippen LogP contribution in [0.1, 0.15) is 31.4 Å². The van der Waals surface area contributed by atoms with E-state index in [-0.39, 0.29) is 12.3 Å². The summed E-state index contributed by atoms with van der Waals surface area (Å²) in [6.07, 6.45) is 2.83. The first-order valence-corrected chi connectivity index (χ1v) is 12.3. The zero-order valence-corrected chi connectivity index (χ0v) is 19.8. The van der Waals surface area contributed by atoms with Gasteiger partial charge in [-0.2, -0.15) is 0 Å². The Labute approximate surface area is 205 Å². The topological polar surface area (TPSA) is 88.6 Å².